The van der Waals surface area contributed by atoms with Crippen LogP contribution in [0.4, 0.5) is 0 Å². The second-order valence-electron chi connectivity index (χ2n) is 10.6. The second kappa shape index (κ2) is 10.7. The molecule has 1 saturated heterocycles. The van der Waals surface area contributed by atoms with Crippen molar-refractivity contribution in [3.8, 4) is 11.3 Å². The highest BCUT2D eigenvalue weighted by molar-refractivity contribution is 5.83. The monoisotopic (exact) mass is 490 g/mol. The molecule has 2 atom stereocenters. The molecule has 5 rings (SSSR count). The summed E-state index contributed by atoms with van der Waals surface area (Å²) in [7, 11) is 2.22. The quantitative estimate of drug-likeness (QED) is 0.561. The van der Waals surface area contributed by atoms with Crippen LogP contribution in [0.3, 0.4) is 0 Å². The summed E-state index contributed by atoms with van der Waals surface area (Å²) in [6, 6.07) is 0.190. The number of fused-ring (bicyclic) bond motifs is 3. The number of piperazine rings is 1. The Bertz CT molecular complexity index is 1120. The maximum Gasteiger partial charge on any atom is 0.0910 e. The fourth-order valence-electron chi connectivity index (χ4n) is 6.02. The molecule has 0 bridgehead atoms. The first kappa shape index (κ1) is 25.0. The molecule has 2 aromatic rings. The molecule has 194 valence electrons. The van der Waals surface area contributed by atoms with Gasteiger partial charge in [0.25, 0.3) is 0 Å². The molecule has 4 heterocycles. The number of aryl methyl sites for hydroxylation is 1. The van der Waals surface area contributed by atoms with Crippen LogP contribution in [-0.2, 0) is 6.42 Å². The molecule has 36 heavy (non-hydrogen) atoms. The highest BCUT2D eigenvalue weighted by atomic mass is 15.3. The molecule has 0 radical (unpaired) electrons. The Morgan fingerprint density at radius 2 is 1.92 bits per heavy atom. The van der Waals surface area contributed by atoms with E-state index in [9.17, 15) is 0 Å². The van der Waals surface area contributed by atoms with Gasteiger partial charge in [0.05, 0.1) is 29.3 Å². The Labute approximate surface area is 215 Å². The molecule has 8 heteroatoms. The van der Waals surface area contributed by atoms with Gasteiger partial charge in [0.1, 0.15) is 0 Å². The summed E-state index contributed by atoms with van der Waals surface area (Å²) >= 11 is 0. The van der Waals surface area contributed by atoms with Crippen LogP contribution < -0.4 is 5.43 Å². The van der Waals surface area contributed by atoms with E-state index >= 15 is 0 Å². The predicted molar refractivity (Wildman–Crippen MR) is 147 cm³/mol. The number of rotatable bonds is 9. The average molecular weight is 491 g/mol. The number of aromatic amines is 1. The van der Waals surface area contributed by atoms with Gasteiger partial charge in [-0.2, -0.15) is 10.2 Å². The van der Waals surface area contributed by atoms with Crippen LogP contribution >= 0.6 is 0 Å². The zero-order valence-corrected chi connectivity index (χ0v) is 22.6. The third-order valence-electron chi connectivity index (χ3n) is 8.19. The van der Waals surface area contributed by atoms with Crippen molar-refractivity contribution in [2.24, 2.45) is 5.10 Å². The Hall–Kier alpha value is -2.71. The van der Waals surface area contributed by atoms with Gasteiger partial charge in [-0.25, -0.2) is 4.98 Å². The summed E-state index contributed by atoms with van der Waals surface area (Å²) < 4.78 is 0. The number of H-pyrrole nitrogens is 1. The molecule has 2 unspecified atom stereocenters. The highest BCUT2D eigenvalue weighted by Gasteiger charge is 2.37. The largest absolute Gasteiger partial charge is 0.370 e. The number of nitrogens with one attached hydrogen (secondary N) is 2. The van der Waals surface area contributed by atoms with Crippen LogP contribution in [0.1, 0.15) is 60.7 Å². The van der Waals surface area contributed by atoms with Crippen molar-refractivity contribution in [3.63, 3.8) is 0 Å². The first-order chi connectivity index (χ1) is 17.5. The van der Waals surface area contributed by atoms with Crippen molar-refractivity contribution in [2.45, 2.75) is 58.9 Å². The maximum atomic E-state index is 5.44. The van der Waals surface area contributed by atoms with Crippen molar-refractivity contribution in [2.75, 3.05) is 52.9 Å². The number of hydrogen-bond donors (Lipinski definition) is 2. The van der Waals surface area contributed by atoms with Gasteiger partial charge in [-0.1, -0.05) is 13.3 Å². The van der Waals surface area contributed by atoms with Crippen molar-refractivity contribution < 1.29 is 0 Å². The van der Waals surface area contributed by atoms with E-state index in [1.54, 1.807) is 0 Å². The van der Waals surface area contributed by atoms with Crippen molar-refractivity contribution in [1.29, 1.82) is 0 Å². The van der Waals surface area contributed by atoms with E-state index in [-0.39, 0.29) is 12.0 Å². The van der Waals surface area contributed by atoms with E-state index in [2.05, 4.69) is 82.5 Å². The Balaban J connectivity index is 1.49. The van der Waals surface area contributed by atoms with Gasteiger partial charge in [-0.05, 0) is 70.0 Å². The topological polar surface area (TPSA) is 75.7 Å². The van der Waals surface area contributed by atoms with E-state index < -0.39 is 0 Å². The van der Waals surface area contributed by atoms with E-state index in [0.717, 1.165) is 61.5 Å². The summed E-state index contributed by atoms with van der Waals surface area (Å²) in [4.78, 5) is 13.0. The summed E-state index contributed by atoms with van der Waals surface area (Å²) in [6.45, 7) is 16.7. The SMILES string of the molecule is CCCc1c(-c2cn[nH]c2C)nc2c(c1C)C1C=NNC1C=C2N(CC)CCCN1CCN(C)CC1. The lowest BCUT2D eigenvalue weighted by Gasteiger charge is -2.36. The lowest BCUT2D eigenvalue weighted by atomic mass is 9.80. The smallest absolute Gasteiger partial charge is 0.0910 e. The third kappa shape index (κ3) is 4.68. The molecule has 2 aromatic heterocycles. The molecule has 0 saturated carbocycles. The third-order valence-corrected chi connectivity index (χ3v) is 8.19. The molecule has 2 aliphatic heterocycles. The molecular formula is C28H42N8. The minimum Gasteiger partial charge on any atom is -0.370 e. The van der Waals surface area contributed by atoms with Crippen LogP contribution in [0.2, 0.25) is 0 Å². The van der Waals surface area contributed by atoms with Crippen LogP contribution in [0.25, 0.3) is 17.0 Å². The van der Waals surface area contributed by atoms with Gasteiger partial charge < -0.3 is 20.1 Å². The van der Waals surface area contributed by atoms with Gasteiger partial charge in [-0.15, -0.1) is 0 Å². The van der Waals surface area contributed by atoms with Gasteiger partial charge in [0, 0.05) is 62.7 Å². The van der Waals surface area contributed by atoms with Gasteiger partial charge in [0.15, 0.2) is 0 Å². The summed E-state index contributed by atoms with van der Waals surface area (Å²) in [5, 5.41) is 11.9. The predicted octanol–water partition coefficient (Wildman–Crippen LogP) is 3.40. The number of likely N-dealkylation sites (N-methyl/N-ethyl adjacent to an activating group) is 1. The van der Waals surface area contributed by atoms with Gasteiger partial charge in [-0.3, -0.25) is 5.10 Å². The zero-order valence-electron chi connectivity index (χ0n) is 22.6. The Morgan fingerprint density at radius 1 is 1.11 bits per heavy atom. The molecule has 8 nitrogen and oxygen atoms in total. The Morgan fingerprint density at radius 3 is 2.61 bits per heavy atom. The fraction of sp³-hybridized carbons (Fsp3) is 0.607. The highest BCUT2D eigenvalue weighted by Crippen LogP contribution is 2.42. The zero-order chi connectivity index (χ0) is 25.2. The normalized spacial score (nSPS) is 21.8. The van der Waals surface area contributed by atoms with E-state index in [1.165, 1.54) is 48.6 Å². The number of pyridine rings is 1. The van der Waals surface area contributed by atoms with Crippen LogP contribution in [0.5, 0.6) is 0 Å². The molecule has 0 aromatic carbocycles. The number of aromatic nitrogens is 3. The van der Waals surface area contributed by atoms with E-state index in [4.69, 9.17) is 4.98 Å². The number of hydrazone groups is 1. The second-order valence-corrected chi connectivity index (χ2v) is 10.6. The maximum absolute atomic E-state index is 5.44. The molecule has 0 spiro atoms. The van der Waals surface area contributed by atoms with Crippen molar-refractivity contribution in [3.05, 3.63) is 40.4 Å². The first-order valence-electron chi connectivity index (χ1n) is 13.7. The first-order valence-corrected chi connectivity index (χ1v) is 13.7. The number of nitrogens with zero attached hydrogens (tertiary/aromatic N) is 6. The summed E-state index contributed by atoms with van der Waals surface area (Å²) in [5.74, 6) is 0.232. The van der Waals surface area contributed by atoms with Crippen molar-refractivity contribution in [1.82, 2.24) is 35.3 Å². The summed E-state index contributed by atoms with van der Waals surface area (Å²) in [6.07, 6.45) is 9.63. The average Bonchev–Trinajstić information content (AvgIpc) is 3.52. The number of hydrogen-bond acceptors (Lipinski definition) is 7. The van der Waals surface area contributed by atoms with Gasteiger partial charge >= 0.3 is 0 Å². The van der Waals surface area contributed by atoms with E-state index in [1.807, 2.05) is 6.20 Å². The van der Waals surface area contributed by atoms with E-state index in [0.29, 0.717) is 0 Å². The fourth-order valence-corrected chi connectivity index (χ4v) is 6.02. The van der Waals surface area contributed by atoms with Crippen molar-refractivity contribution >= 4 is 11.9 Å². The molecule has 1 fully saturated rings. The van der Waals surface area contributed by atoms with Crippen LogP contribution in [0, 0.1) is 13.8 Å². The standard InChI is InChI=1S/C28H42N8/c1-6-9-21-19(3)26-23-18-30-33-24(23)16-25(28(26)31-27(21)22-17-29-32-20(22)4)36(7-2)11-8-10-35-14-12-34(5)13-15-35/h16-18,23-24,33H,6-15H2,1-5H3,(H,29,32). The lowest BCUT2D eigenvalue weighted by Crippen LogP contribution is -2.45. The minimum atomic E-state index is 0.190. The molecule has 3 aliphatic rings. The van der Waals surface area contributed by atoms with Crippen LogP contribution in [-0.4, -0.2) is 95.0 Å². The molecule has 0 amide bonds. The van der Waals surface area contributed by atoms with Crippen LogP contribution in [0.15, 0.2) is 17.4 Å². The molecule has 1 aliphatic carbocycles. The lowest BCUT2D eigenvalue weighted by molar-refractivity contribution is 0.150. The summed E-state index contributed by atoms with van der Waals surface area (Å²) in [5.41, 5.74) is 13.1. The molecular weight excluding hydrogens is 448 g/mol. The Kier molecular flexibility index (Phi) is 7.44. The van der Waals surface area contributed by atoms with Gasteiger partial charge in [0.2, 0.25) is 0 Å². The minimum absolute atomic E-state index is 0.190. The molecule has 2 N–H and O–H groups in total.